The molecule has 0 aliphatic carbocycles. The summed E-state index contributed by atoms with van der Waals surface area (Å²) in [6.45, 7) is 2.51. The van der Waals surface area contributed by atoms with E-state index in [1.807, 2.05) is 115 Å². The van der Waals surface area contributed by atoms with Crippen LogP contribution in [0.5, 0.6) is 11.5 Å². The second-order valence-corrected chi connectivity index (χ2v) is 10.1. The van der Waals surface area contributed by atoms with Gasteiger partial charge in [-0.2, -0.15) is 5.10 Å². The summed E-state index contributed by atoms with van der Waals surface area (Å²) >= 11 is 1.29. The van der Waals surface area contributed by atoms with Gasteiger partial charge in [0.1, 0.15) is 18.1 Å². The van der Waals surface area contributed by atoms with Crippen molar-refractivity contribution in [1.29, 1.82) is 0 Å². The second kappa shape index (κ2) is 13.5. The van der Waals surface area contributed by atoms with Crippen LogP contribution in [0.15, 0.2) is 113 Å². The Morgan fingerprint density at radius 2 is 1.71 bits per heavy atom. The van der Waals surface area contributed by atoms with Crippen LogP contribution in [0.25, 0.3) is 17.1 Å². The fraction of sp³-hybridized carbons (Fsp3) is 0.125. The second-order valence-electron chi connectivity index (χ2n) is 9.13. The van der Waals surface area contributed by atoms with Crippen molar-refractivity contribution >= 4 is 23.9 Å². The summed E-state index contributed by atoms with van der Waals surface area (Å²) in [5.41, 5.74) is 7.43. The number of aryl methyl sites for hydroxylation is 1. The van der Waals surface area contributed by atoms with Crippen LogP contribution < -0.4 is 14.9 Å². The molecule has 0 fully saturated rings. The number of hydrogen-bond donors (Lipinski definition) is 1. The molecule has 1 aromatic heterocycles. The molecule has 0 bridgehead atoms. The molecule has 0 atom stereocenters. The van der Waals surface area contributed by atoms with E-state index in [4.69, 9.17) is 9.47 Å². The van der Waals surface area contributed by atoms with Gasteiger partial charge < -0.3 is 9.47 Å². The van der Waals surface area contributed by atoms with Gasteiger partial charge in [-0.3, -0.25) is 9.36 Å². The minimum absolute atomic E-state index is 0.115. The summed E-state index contributed by atoms with van der Waals surface area (Å²) in [6, 6.07) is 33.2. The molecule has 5 rings (SSSR count). The maximum atomic E-state index is 12.6. The monoisotopic (exact) mass is 563 g/mol. The van der Waals surface area contributed by atoms with Gasteiger partial charge in [-0.25, -0.2) is 5.43 Å². The van der Waals surface area contributed by atoms with Crippen molar-refractivity contribution in [2.75, 3.05) is 12.9 Å². The average molecular weight is 564 g/mol. The van der Waals surface area contributed by atoms with Crippen LogP contribution in [-0.4, -0.2) is 39.7 Å². The Labute approximate surface area is 243 Å². The molecule has 0 spiro atoms. The molecule has 0 radical (unpaired) electrons. The van der Waals surface area contributed by atoms with Gasteiger partial charge in [0.05, 0.1) is 19.1 Å². The van der Waals surface area contributed by atoms with Crippen molar-refractivity contribution in [3.63, 3.8) is 0 Å². The van der Waals surface area contributed by atoms with Gasteiger partial charge in [-0.1, -0.05) is 71.9 Å². The molecule has 1 amide bonds. The van der Waals surface area contributed by atoms with Crippen LogP contribution >= 0.6 is 11.8 Å². The normalized spacial score (nSPS) is 11.0. The van der Waals surface area contributed by atoms with E-state index in [0.717, 1.165) is 39.4 Å². The minimum atomic E-state index is -0.257. The van der Waals surface area contributed by atoms with E-state index < -0.39 is 0 Å². The first-order chi connectivity index (χ1) is 20.1. The number of nitrogens with one attached hydrogen (secondary N) is 1. The van der Waals surface area contributed by atoms with Crippen molar-refractivity contribution in [3.05, 3.63) is 120 Å². The molecular weight excluding hydrogens is 534 g/mol. The SMILES string of the molecule is COc1ccc(-c2nnc(SCC(=O)NN=Cc3cccc(OCc4ccccc4)c3)n2-c2ccc(C)cc2)cc1. The zero-order chi connectivity index (χ0) is 28.4. The topological polar surface area (TPSA) is 90.6 Å². The maximum absolute atomic E-state index is 12.6. The third-order valence-electron chi connectivity index (χ3n) is 6.12. The highest BCUT2D eigenvalue weighted by Crippen LogP contribution is 2.29. The lowest BCUT2D eigenvalue weighted by atomic mass is 10.2. The van der Waals surface area contributed by atoms with Crippen molar-refractivity contribution in [3.8, 4) is 28.6 Å². The Hall–Kier alpha value is -4.89. The molecule has 0 saturated heterocycles. The van der Waals surface area contributed by atoms with Crippen molar-refractivity contribution < 1.29 is 14.3 Å². The number of rotatable bonds is 11. The lowest BCUT2D eigenvalue weighted by Crippen LogP contribution is -2.20. The predicted molar refractivity (Wildman–Crippen MR) is 162 cm³/mol. The minimum Gasteiger partial charge on any atom is -0.497 e. The van der Waals surface area contributed by atoms with Crippen LogP contribution in [0, 0.1) is 6.92 Å². The molecule has 0 unspecified atom stereocenters. The number of ether oxygens (including phenoxy) is 2. The van der Waals surface area contributed by atoms with Gasteiger partial charge >= 0.3 is 0 Å². The Kier molecular flexibility index (Phi) is 9.08. The molecule has 1 heterocycles. The first-order valence-corrected chi connectivity index (χ1v) is 14.0. The molecule has 0 saturated carbocycles. The molecule has 8 nitrogen and oxygen atoms in total. The Morgan fingerprint density at radius 1 is 0.927 bits per heavy atom. The molecule has 1 N–H and O–H groups in total. The van der Waals surface area contributed by atoms with Crippen LogP contribution in [0.3, 0.4) is 0 Å². The highest BCUT2D eigenvalue weighted by atomic mass is 32.2. The van der Waals surface area contributed by atoms with Gasteiger partial charge in [0.15, 0.2) is 11.0 Å². The first kappa shape index (κ1) is 27.7. The van der Waals surface area contributed by atoms with E-state index in [9.17, 15) is 4.79 Å². The zero-order valence-corrected chi connectivity index (χ0v) is 23.5. The zero-order valence-electron chi connectivity index (χ0n) is 22.7. The Morgan fingerprint density at radius 3 is 2.46 bits per heavy atom. The number of methoxy groups -OCH3 is 1. The summed E-state index contributed by atoms with van der Waals surface area (Å²) in [5, 5.41) is 13.6. The summed E-state index contributed by atoms with van der Waals surface area (Å²) in [5.74, 6) is 2.01. The number of benzene rings is 4. The van der Waals surface area contributed by atoms with Gasteiger partial charge in [0.25, 0.3) is 5.91 Å². The summed E-state index contributed by atoms with van der Waals surface area (Å²) in [7, 11) is 1.63. The number of carbonyl (C=O) groups excluding carboxylic acids is 1. The molecule has 5 aromatic rings. The summed E-state index contributed by atoms with van der Waals surface area (Å²) in [4.78, 5) is 12.6. The fourth-order valence-corrected chi connectivity index (χ4v) is 4.73. The molecule has 0 aliphatic heterocycles. The molecular formula is C32H29N5O3S. The van der Waals surface area contributed by atoms with Crippen LogP contribution in [-0.2, 0) is 11.4 Å². The van der Waals surface area contributed by atoms with E-state index in [1.165, 1.54) is 11.8 Å². The first-order valence-electron chi connectivity index (χ1n) is 13.0. The Bertz CT molecular complexity index is 1620. The van der Waals surface area contributed by atoms with Crippen LogP contribution in [0.4, 0.5) is 0 Å². The van der Waals surface area contributed by atoms with Gasteiger partial charge in [0, 0.05) is 11.3 Å². The van der Waals surface area contributed by atoms with Crippen molar-refractivity contribution in [1.82, 2.24) is 20.2 Å². The smallest absolute Gasteiger partial charge is 0.250 e. The fourth-order valence-electron chi connectivity index (χ4n) is 3.98. The summed E-state index contributed by atoms with van der Waals surface area (Å²) < 4.78 is 13.1. The van der Waals surface area contributed by atoms with E-state index in [0.29, 0.717) is 17.6 Å². The van der Waals surface area contributed by atoms with Gasteiger partial charge in [-0.15, -0.1) is 10.2 Å². The number of carbonyl (C=O) groups is 1. The Balaban J connectivity index is 1.23. The third-order valence-corrected chi connectivity index (χ3v) is 7.04. The van der Waals surface area contributed by atoms with E-state index >= 15 is 0 Å². The molecule has 206 valence electrons. The van der Waals surface area contributed by atoms with Crippen LogP contribution in [0.1, 0.15) is 16.7 Å². The lowest BCUT2D eigenvalue weighted by Gasteiger charge is -2.11. The van der Waals surface area contributed by atoms with Crippen molar-refractivity contribution in [2.24, 2.45) is 5.10 Å². The molecule has 4 aromatic carbocycles. The molecule has 0 aliphatic rings. The van der Waals surface area contributed by atoms with E-state index in [1.54, 1.807) is 13.3 Å². The van der Waals surface area contributed by atoms with E-state index in [-0.39, 0.29) is 11.7 Å². The lowest BCUT2D eigenvalue weighted by molar-refractivity contribution is -0.118. The summed E-state index contributed by atoms with van der Waals surface area (Å²) in [6.07, 6.45) is 1.59. The predicted octanol–water partition coefficient (Wildman–Crippen LogP) is 6.07. The highest BCUT2D eigenvalue weighted by molar-refractivity contribution is 7.99. The maximum Gasteiger partial charge on any atom is 0.250 e. The quantitative estimate of drug-likeness (QED) is 0.119. The van der Waals surface area contributed by atoms with Gasteiger partial charge in [-0.05, 0) is 66.6 Å². The average Bonchev–Trinajstić information content (AvgIpc) is 3.44. The number of thioether (sulfide) groups is 1. The largest absolute Gasteiger partial charge is 0.497 e. The standard InChI is InChI=1S/C32H29N5O3S/c1-23-11-15-27(16-12-23)37-31(26-13-17-28(39-2)18-14-26)35-36-32(37)41-22-30(38)34-33-20-25-9-6-10-29(19-25)40-21-24-7-4-3-5-8-24/h3-20H,21-22H2,1-2H3,(H,34,38). The molecule has 9 heteroatoms. The highest BCUT2D eigenvalue weighted by Gasteiger charge is 2.17. The van der Waals surface area contributed by atoms with Crippen LogP contribution in [0.2, 0.25) is 0 Å². The number of nitrogens with zero attached hydrogens (tertiary/aromatic N) is 4. The number of hydrazone groups is 1. The molecule has 41 heavy (non-hydrogen) atoms. The third kappa shape index (κ3) is 7.40. The van der Waals surface area contributed by atoms with E-state index in [2.05, 4.69) is 20.7 Å². The van der Waals surface area contributed by atoms with Gasteiger partial charge in [0.2, 0.25) is 0 Å². The number of aromatic nitrogens is 3. The number of hydrogen-bond acceptors (Lipinski definition) is 7. The van der Waals surface area contributed by atoms with Crippen molar-refractivity contribution in [2.45, 2.75) is 18.7 Å². The number of amides is 1.